The van der Waals surface area contributed by atoms with Crippen LogP contribution in [0.2, 0.25) is 5.02 Å². The SMILES string of the molecule is COc1cc(OC)cc(C(CC(=O)NCCc2ccc(OC)c(OC)c2)c2cnc3ccc(Cl)cn23)c1. The molecule has 0 aliphatic carbocycles. The fourth-order valence-corrected chi connectivity index (χ4v) is 4.46. The van der Waals surface area contributed by atoms with Crippen molar-refractivity contribution in [1.82, 2.24) is 14.7 Å². The zero-order valence-corrected chi connectivity index (χ0v) is 22.0. The summed E-state index contributed by atoms with van der Waals surface area (Å²) in [5.41, 5.74) is 3.48. The molecule has 0 spiro atoms. The number of hydrogen-bond acceptors (Lipinski definition) is 6. The van der Waals surface area contributed by atoms with Gasteiger partial charge < -0.3 is 28.7 Å². The molecular formula is C28H30ClN3O5. The average molecular weight is 524 g/mol. The maximum Gasteiger partial charge on any atom is 0.221 e. The first kappa shape index (κ1) is 26.2. The molecule has 1 unspecified atom stereocenters. The summed E-state index contributed by atoms with van der Waals surface area (Å²) >= 11 is 6.28. The van der Waals surface area contributed by atoms with E-state index in [4.69, 9.17) is 30.5 Å². The largest absolute Gasteiger partial charge is 0.497 e. The normalized spacial score (nSPS) is 11.7. The molecule has 2 heterocycles. The summed E-state index contributed by atoms with van der Waals surface area (Å²) in [6.45, 7) is 0.474. The molecule has 2 aromatic heterocycles. The van der Waals surface area contributed by atoms with Gasteiger partial charge in [-0.3, -0.25) is 4.79 Å². The molecule has 4 rings (SSSR count). The molecule has 2 aromatic carbocycles. The predicted octanol–water partition coefficient (Wildman–Crippen LogP) is 4.90. The minimum Gasteiger partial charge on any atom is -0.497 e. The van der Waals surface area contributed by atoms with E-state index >= 15 is 0 Å². The van der Waals surface area contributed by atoms with Gasteiger partial charge in [0.25, 0.3) is 0 Å². The van der Waals surface area contributed by atoms with Crippen LogP contribution in [0.4, 0.5) is 0 Å². The standard InChI is InChI=1S/C28H30ClN3O5/c1-34-21-12-19(13-22(14-21)35-2)23(24-16-31-27-8-6-20(29)17-32(24)27)15-28(33)30-10-9-18-5-7-25(36-3)26(11-18)37-4/h5-8,11-14,16-17,23H,9-10,15H2,1-4H3,(H,30,33). The lowest BCUT2D eigenvalue weighted by Crippen LogP contribution is -2.27. The van der Waals surface area contributed by atoms with Crippen LogP contribution in [0.15, 0.2) is 60.9 Å². The van der Waals surface area contributed by atoms with Crippen molar-refractivity contribution in [1.29, 1.82) is 0 Å². The number of pyridine rings is 1. The zero-order chi connectivity index (χ0) is 26.4. The Labute approximate surface area is 221 Å². The number of benzene rings is 2. The number of ether oxygens (including phenoxy) is 4. The number of nitrogens with zero attached hydrogens (tertiary/aromatic N) is 2. The second-order valence-electron chi connectivity index (χ2n) is 8.45. The van der Waals surface area contributed by atoms with Crippen LogP contribution in [-0.2, 0) is 11.2 Å². The van der Waals surface area contributed by atoms with Gasteiger partial charge in [0.15, 0.2) is 11.5 Å². The van der Waals surface area contributed by atoms with Crippen molar-refractivity contribution in [3.05, 3.63) is 82.8 Å². The quantitative estimate of drug-likeness (QED) is 0.301. The number of halogens is 1. The molecule has 0 radical (unpaired) electrons. The molecule has 9 heteroatoms. The molecule has 0 saturated carbocycles. The summed E-state index contributed by atoms with van der Waals surface area (Å²) in [5, 5.41) is 3.62. The van der Waals surface area contributed by atoms with Crippen molar-refractivity contribution in [2.45, 2.75) is 18.8 Å². The number of aromatic nitrogens is 2. The molecule has 1 amide bonds. The minimum atomic E-state index is -0.321. The third-order valence-electron chi connectivity index (χ3n) is 6.20. The second-order valence-corrected chi connectivity index (χ2v) is 8.89. The molecule has 194 valence electrons. The van der Waals surface area contributed by atoms with Crippen LogP contribution in [0.3, 0.4) is 0 Å². The second kappa shape index (κ2) is 11.9. The predicted molar refractivity (Wildman–Crippen MR) is 142 cm³/mol. The Bertz CT molecular complexity index is 1370. The van der Waals surface area contributed by atoms with Crippen molar-refractivity contribution in [3.63, 3.8) is 0 Å². The van der Waals surface area contributed by atoms with Gasteiger partial charge in [-0.15, -0.1) is 0 Å². The Morgan fingerprint density at radius 1 is 0.946 bits per heavy atom. The first-order chi connectivity index (χ1) is 17.9. The van der Waals surface area contributed by atoms with E-state index in [1.54, 1.807) is 53.0 Å². The Kier molecular flexibility index (Phi) is 8.40. The summed E-state index contributed by atoms with van der Waals surface area (Å²) < 4.78 is 23.6. The van der Waals surface area contributed by atoms with Crippen molar-refractivity contribution in [2.75, 3.05) is 35.0 Å². The Hall–Kier alpha value is -3.91. The number of carbonyl (C=O) groups excluding carboxylic acids is 1. The monoisotopic (exact) mass is 523 g/mol. The number of carbonyl (C=O) groups is 1. The van der Waals surface area contributed by atoms with E-state index < -0.39 is 0 Å². The lowest BCUT2D eigenvalue weighted by molar-refractivity contribution is -0.121. The summed E-state index contributed by atoms with van der Waals surface area (Å²) in [4.78, 5) is 17.7. The highest BCUT2D eigenvalue weighted by Gasteiger charge is 2.23. The van der Waals surface area contributed by atoms with Crippen molar-refractivity contribution < 1.29 is 23.7 Å². The number of imidazole rings is 1. The fraction of sp³-hybridized carbons (Fsp3) is 0.286. The van der Waals surface area contributed by atoms with Gasteiger partial charge >= 0.3 is 0 Å². The van der Waals surface area contributed by atoms with E-state index in [1.807, 2.05) is 40.8 Å². The van der Waals surface area contributed by atoms with Crippen LogP contribution in [0.1, 0.15) is 29.2 Å². The smallest absolute Gasteiger partial charge is 0.221 e. The molecule has 0 saturated heterocycles. The van der Waals surface area contributed by atoms with Gasteiger partial charge in [0.2, 0.25) is 5.91 Å². The van der Waals surface area contributed by atoms with Gasteiger partial charge in [-0.1, -0.05) is 17.7 Å². The third-order valence-corrected chi connectivity index (χ3v) is 6.43. The van der Waals surface area contributed by atoms with Gasteiger partial charge in [-0.25, -0.2) is 4.98 Å². The average Bonchev–Trinajstić information content (AvgIpc) is 3.33. The Balaban J connectivity index is 1.57. The summed E-state index contributed by atoms with van der Waals surface area (Å²) in [7, 11) is 6.40. The molecule has 0 aliphatic heterocycles. The van der Waals surface area contributed by atoms with E-state index in [-0.39, 0.29) is 18.2 Å². The molecule has 0 fully saturated rings. The maximum atomic E-state index is 13.2. The van der Waals surface area contributed by atoms with Crippen LogP contribution in [-0.4, -0.2) is 50.3 Å². The molecule has 4 aromatic rings. The molecule has 37 heavy (non-hydrogen) atoms. The lowest BCUT2D eigenvalue weighted by atomic mass is 9.91. The van der Waals surface area contributed by atoms with E-state index in [0.717, 1.165) is 22.5 Å². The van der Waals surface area contributed by atoms with Gasteiger partial charge in [-0.05, 0) is 53.9 Å². The van der Waals surface area contributed by atoms with Crippen molar-refractivity contribution in [2.24, 2.45) is 0 Å². The minimum absolute atomic E-state index is 0.0933. The van der Waals surface area contributed by atoms with Gasteiger partial charge in [-0.2, -0.15) is 0 Å². The van der Waals surface area contributed by atoms with Crippen LogP contribution in [0.25, 0.3) is 5.65 Å². The van der Waals surface area contributed by atoms with Crippen LogP contribution < -0.4 is 24.3 Å². The number of fused-ring (bicyclic) bond motifs is 1. The highest BCUT2D eigenvalue weighted by Crippen LogP contribution is 2.34. The number of rotatable bonds is 11. The first-order valence-corrected chi connectivity index (χ1v) is 12.2. The number of hydrogen-bond donors (Lipinski definition) is 1. The molecule has 8 nitrogen and oxygen atoms in total. The van der Waals surface area contributed by atoms with E-state index in [2.05, 4.69) is 10.3 Å². The molecular weight excluding hydrogens is 494 g/mol. The van der Waals surface area contributed by atoms with E-state index in [9.17, 15) is 4.79 Å². The molecule has 1 N–H and O–H groups in total. The van der Waals surface area contributed by atoms with Gasteiger partial charge in [0, 0.05) is 37.3 Å². The molecule has 1 atom stereocenters. The maximum absolute atomic E-state index is 13.2. The van der Waals surface area contributed by atoms with E-state index in [1.165, 1.54) is 0 Å². The zero-order valence-electron chi connectivity index (χ0n) is 21.3. The number of methoxy groups -OCH3 is 4. The molecule has 0 aliphatic rings. The van der Waals surface area contributed by atoms with Crippen molar-refractivity contribution >= 4 is 23.2 Å². The first-order valence-electron chi connectivity index (χ1n) is 11.8. The van der Waals surface area contributed by atoms with Gasteiger partial charge in [0.1, 0.15) is 17.1 Å². The molecule has 0 bridgehead atoms. The summed E-state index contributed by atoms with van der Waals surface area (Å²) in [6.07, 6.45) is 4.43. The Morgan fingerprint density at radius 3 is 2.35 bits per heavy atom. The highest BCUT2D eigenvalue weighted by atomic mass is 35.5. The number of nitrogens with one attached hydrogen (secondary N) is 1. The van der Waals surface area contributed by atoms with Crippen LogP contribution in [0.5, 0.6) is 23.0 Å². The summed E-state index contributed by atoms with van der Waals surface area (Å²) in [5.74, 6) is 2.19. The van der Waals surface area contributed by atoms with E-state index in [0.29, 0.717) is 41.0 Å². The fourth-order valence-electron chi connectivity index (χ4n) is 4.30. The summed E-state index contributed by atoms with van der Waals surface area (Å²) in [6, 6.07) is 15.0. The topological polar surface area (TPSA) is 83.3 Å². The van der Waals surface area contributed by atoms with Crippen LogP contribution >= 0.6 is 11.6 Å². The Morgan fingerprint density at radius 2 is 1.68 bits per heavy atom. The van der Waals surface area contributed by atoms with Gasteiger partial charge in [0.05, 0.1) is 39.2 Å². The highest BCUT2D eigenvalue weighted by molar-refractivity contribution is 6.30. The van der Waals surface area contributed by atoms with Crippen molar-refractivity contribution in [3.8, 4) is 23.0 Å². The van der Waals surface area contributed by atoms with Crippen LogP contribution in [0, 0.1) is 0 Å². The number of amides is 1. The third kappa shape index (κ3) is 6.09. The lowest BCUT2D eigenvalue weighted by Gasteiger charge is -2.19.